The molecule has 0 spiro atoms. The van der Waals surface area contributed by atoms with Gasteiger partial charge in [-0.25, -0.2) is 17.6 Å². The lowest BCUT2D eigenvalue weighted by atomic mass is 10.2. The van der Waals surface area contributed by atoms with Gasteiger partial charge in [0.1, 0.15) is 29.0 Å². The summed E-state index contributed by atoms with van der Waals surface area (Å²) in [6.45, 7) is 38.5. The fourth-order valence-corrected chi connectivity index (χ4v) is 8.06. The first kappa shape index (κ1) is 105. The van der Waals surface area contributed by atoms with E-state index in [1.807, 2.05) is 74.5 Å². The number of para-hydroxylation sites is 1. The van der Waals surface area contributed by atoms with E-state index in [0.717, 1.165) is 22.4 Å². The predicted molar refractivity (Wildman–Crippen MR) is 459 cm³/mol. The molecule has 0 unspecified atom stereocenters. The van der Waals surface area contributed by atoms with Crippen LogP contribution >= 0.6 is 11.6 Å². The quantitative estimate of drug-likeness (QED) is 0.149. The van der Waals surface area contributed by atoms with Crippen LogP contribution in [-0.4, -0.2) is 7.11 Å². The van der Waals surface area contributed by atoms with Crippen LogP contribution in [0.2, 0.25) is 5.02 Å². The highest BCUT2D eigenvalue weighted by Crippen LogP contribution is 2.15. The molecule has 0 radical (unpaired) electrons. The van der Waals surface area contributed by atoms with Crippen molar-refractivity contribution in [2.45, 2.75) is 176 Å². The fraction of sp³-hybridized carbons (Fsp3) is 0.265. The Labute approximate surface area is 638 Å². The van der Waals surface area contributed by atoms with Gasteiger partial charge in [-0.2, -0.15) is 0 Å². The smallest absolute Gasteiger partial charge is 0.126 e. The zero-order chi connectivity index (χ0) is 73.4. The summed E-state index contributed by atoms with van der Waals surface area (Å²) in [4.78, 5) is 0. The zero-order valence-electron chi connectivity index (χ0n) is 61.9. The summed E-state index contributed by atoms with van der Waals surface area (Å²) in [6.07, 6.45) is 0. The summed E-state index contributed by atoms with van der Waals surface area (Å²) in [6, 6.07) is 91.8. The number of halogens is 5. The average molecular weight is 1440 g/mol. The van der Waals surface area contributed by atoms with Crippen molar-refractivity contribution in [1.82, 2.24) is 0 Å². The molecule has 564 valence electrons. The number of aryl methyl sites for hydroxylation is 19. The van der Waals surface area contributed by atoms with Gasteiger partial charge < -0.3 is 4.74 Å². The summed E-state index contributed by atoms with van der Waals surface area (Å²) in [5.41, 5.74) is 23.0. The molecule has 12 aromatic rings. The van der Waals surface area contributed by atoms with Crippen molar-refractivity contribution < 1.29 is 22.3 Å². The molecule has 0 aromatic heterocycles. The minimum absolute atomic E-state index is 0. The Morgan fingerprint density at radius 1 is 0.202 bits per heavy atom. The molecule has 1 nitrogen and oxygen atoms in total. The average Bonchev–Trinajstić information content (AvgIpc) is 0.935. The van der Waals surface area contributed by atoms with Crippen molar-refractivity contribution in [3.63, 3.8) is 0 Å². The molecular weight excluding hydrogens is 1300 g/mol. The lowest BCUT2D eigenvalue weighted by Crippen LogP contribution is -1.84. The third-order valence-corrected chi connectivity index (χ3v) is 14.4. The van der Waals surface area contributed by atoms with Crippen molar-refractivity contribution in [1.29, 1.82) is 0 Å². The van der Waals surface area contributed by atoms with Gasteiger partial charge in [0.2, 0.25) is 0 Å². The van der Waals surface area contributed by atoms with Crippen molar-refractivity contribution in [2.24, 2.45) is 0 Å². The van der Waals surface area contributed by atoms with Crippen LogP contribution in [0, 0.1) is 155 Å². The molecule has 12 aromatic carbocycles. The molecule has 0 aliphatic rings. The van der Waals surface area contributed by atoms with Crippen molar-refractivity contribution >= 4 is 11.6 Å². The van der Waals surface area contributed by atoms with Crippen LogP contribution < -0.4 is 4.74 Å². The molecule has 0 fully saturated rings. The van der Waals surface area contributed by atoms with E-state index < -0.39 is 11.6 Å². The molecule has 0 amide bonds. The second kappa shape index (κ2) is 62.1. The third-order valence-electron chi connectivity index (χ3n) is 14.0. The monoisotopic (exact) mass is 1430 g/mol. The second-order valence-corrected chi connectivity index (χ2v) is 24.7. The summed E-state index contributed by atoms with van der Waals surface area (Å²) < 4.78 is 54.1. The maximum atomic E-state index is 12.3. The maximum Gasteiger partial charge on any atom is 0.126 e. The summed E-state index contributed by atoms with van der Waals surface area (Å²) in [7, 11) is 1.68. The lowest BCUT2D eigenvalue weighted by molar-refractivity contribution is 0.411. The van der Waals surface area contributed by atoms with Crippen LogP contribution in [0.15, 0.2) is 285 Å². The van der Waals surface area contributed by atoms with Gasteiger partial charge in [0, 0.05) is 11.1 Å². The number of rotatable bonds is 1. The van der Waals surface area contributed by atoms with Gasteiger partial charge in [0.15, 0.2) is 0 Å². The molecule has 0 aliphatic heterocycles. The first-order chi connectivity index (χ1) is 46.5. The van der Waals surface area contributed by atoms with Crippen molar-refractivity contribution in [2.75, 3.05) is 7.11 Å². The minimum Gasteiger partial charge on any atom is -0.496 e. The number of hydrogen-bond donors (Lipinski definition) is 0. The Morgan fingerprint density at radius 2 is 0.413 bits per heavy atom. The van der Waals surface area contributed by atoms with E-state index in [-0.39, 0.29) is 56.2 Å². The van der Waals surface area contributed by atoms with Gasteiger partial charge in [0.05, 0.1) is 7.11 Å². The third kappa shape index (κ3) is 55.1. The molecule has 0 heterocycles. The molecule has 104 heavy (non-hydrogen) atoms. The number of ether oxygens (including phenoxy) is 1. The number of hydrogen-bond acceptors (Lipinski definition) is 1. The normalized spacial score (nSPS) is 8.74. The number of benzene rings is 12. The van der Waals surface area contributed by atoms with Gasteiger partial charge in [0.25, 0.3) is 0 Å². The van der Waals surface area contributed by atoms with Crippen LogP contribution in [0.1, 0.15) is 150 Å². The topological polar surface area (TPSA) is 9.23 Å². The largest absolute Gasteiger partial charge is 0.496 e. The van der Waals surface area contributed by atoms with Gasteiger partial charge >= 0.3 is 0 Å². The lowest BCUT2D eigenvalue weighted by Gasteiger charge is -2.00. The van der Waals surface area contributed by atoms with Crippen LogP contribution in [0.4, 0.5) is 17.6 Å². The first-order valence-corrected chi connectivity index (χ1v) is 33.2. The van der Waals surface area contributed by atoms with E-state index in [0.29, 0.717) is 16.7 Å². The van der Waals surface area contributed by atoms with E-state index in [2.05, 4.69) is 267 Å². The standard InChI is InChI=1S/C8H10O.7C8H10.C7H7Cl.C7H6F2.2C7H7F.6CH4/c1-7-5-3-4-6-8(7)9-2;5*1-7-3-5-8(2)6-4-7;2*1-7-4-3-5-8(2)6-7;1-6-4-2-3-5-7(6)8;1-5-2-6(8)4-7(9)3-5;2*1-6-4-2-3-5-7(6)8;;;;;;/h3-6H,1-2H3;7*3-6H,1-2H3;2-5H,1H3;2-4H,1H3;2*2-5H,1H3;6*1H4. The molecule has 0 saturated heterocycles. The van der Waals surface area contributed by atoms with E-state index in [1.54, 1.807) is 52.1 Å². The first-order valence-electron chi connectivity index (χ1n) is 32.8. The Morgan fingerprint density at radius 3 is 0.558 bits per heavy atom. The summed E-state index contributed by atoms with van der Waals surface area (Å²) >= 11 is 5.71. The fourth-order valence-electron chi connectivity index (χ4n) is 7.93. The van der Waals surface area contributed by atoms with E-state index in [1.165, 1.54) is 108 Å². The Balaban J connectivity index is -0.000000251. The SMILES string of the molecule is C.C.C.C.C.C.COc1ccccc1C.Cc1cc(F)cc(F)c1.Cc1ccc(C)cc1.Cc1ccc(C)cc1.Cc1ccc(C)cc1.Cc1ccc(C)cc1.Cc1ccc(C)cc1.Cc1cccc(C)c1.Cc1cccc(C)c1.Cc1ccccc1Cl.Cc1ccccc1F.Cc1ccccc1F. The van der Waals surface area contributed by atoms with Crippen molar-refractivity contribution in [3.8, 4) is 5.75 Å². The van der Waals surface area contributed by atoms with Crippen LogP contribution in [-0.2, 0) is 0 Å². The summed E-state index contributed by atoms with van der Waals surface area (Å²) in [5.74, 6) is -0.350. The Bertz CT molecular complexity index is 3370. The molecule has 0 saturated carbocycles. The van der Waals surface area contributed by atoms with Crippen LogP contribution in [0.25, 0.3) is 0 Å². The highest BCUT2D eigenvalue weighted by atomic mass is 35.5. The van der Waals surface area contributed by atoms with Crippen LogP contribution in [0.3, 0.4) is 0 Å². The molecule has 0 bridgehead atoms. The molecular formula is C98H131ClF4O. The molecule has 0 aliphatic carbocycles. The zero-order valence-corrected chi connectivity index (χ0v) is 62.7. The predicted octanol–water partition coefficient (Wildman–Crippen LogP) is 31.1. The number of methoxy groups -OCH3 is 1. The maximum absolute atomic E-state index is 12.3. The van der Waals surface area contributed by atoms with Gasteiger partial charge in [-0.15, -0.1) is 0 Å². The minimum atomic E-state index is -0.521. The Hall–Kier alpha value is -9.55. The van der Waals surface area contributed by atoms with E-state index in [9.17, 15) is 17.6 Å². The van der Waals surface area contributed by atoms with Gasteiger partial charge in [-0.3, -0.25) is 0 Å². The van der Waals surface area contributed by atoms with E-state index >= 15 is 0 Å². The van der Waals surface area contributed by atoms with Crippen LogP contribution in [0.5, 0.6) is 5.75 Å². The highest BCUT2D eigenvalue weighted by Gasteiger charge is 1.95. The van der Waals surface area contributed by atoms with Crippen molar-refractivity contribution in [3.05, 3.63) is 419 Å². The molecule has 6 heteroatoms. The van der Waals surface area contributed by atoms with Gasteiger partial charge in [-0.1, -0.05) is 377 Å². The van der Waals surface area contributed by atoms with E-state index in [4.69, 9.17) is 16.3 Å². The van der Waals surface area contributed by atoms with Gasteiger partial charge in [-0.05, 0) is 196 Å². The Kier molecular flexibility index (Phi) is 62.9. The molecule has 0 N–H and O–H groups in total. The summed E-state index contributed by atoms with van der Waals surface area (Å²) in [5, 5.41) is 0.840. The highest BCUT2D eigenvalue weighted by molar-refractivity contribution is 6.31. The molecule has 0 atom stereocenters. The second-order valence-electron chi connectivity index (χ2n) is 24.3. The molecule has 12 rings (SSSR count).